The number of rotatable bonds is 9. The Bertz CT molecular complexity index is 1210. The Morgan fingerprint density at radius 3 is 2.47 bits per heavy atom. The van der Waals surface area contributed by atoms with E-state index in [0.29, 0.717) is 29.0 Å². The first kappa shape index (κ1) is 23.6. The number of amides is 1. The Hall–Kier alpha value is -3.02. The summed E-state index contributed by atoms with van der Waals surface area (Å²) in [5.41, 5.74) is 1.99. The van der Waals surface area contributed by atoms with Gasteiger partial charge < -0.3 is 9.47 Å². The molecule has 1 unspecified atom stereocenters. The van der Waals surface area contributed by atoms with Gasteiger partial charge in [-0.15, -0.1) is 10.2 Å². The summed E-state index contributed by atoms with van der Waals surface area (Å²) in [5, 5.41) is 10.3. The molecule has 3 rings (SSSR count). The molecule has 0 fully saturated rings. The Morgan fingerprint density at radius 2 is 1.81 bits per heavy atom. The van der Waals surface area contributed by atoms with E-state index in [1.807, 2.05) is 26.0 Å². The van der Waals surface area contributed by atoms with Crippen LogP contribution in [0.3, 0.4) is 0 Å². The zero-order chi connectivity index (χ0) is 23.3. The minimum absolute atomic E-state index is 0.0952. The van der Waals surface area contributed by atoms with Gasteiger partial charge in [0.15, 0.2) is 11.5 Å². The number of anilines is 1. The summed E-state index contributed by atoms with van der Waals surface area (Å²) in [6.07, 6.45) is 0.490. The van der Waals surface area contributed by atoms with Gasteiger partial charge in [0, 0.05) is 11.6 Å². The van der Waals surface area contributed by atoms with E-state index in [0.717, 1.165) is 16.9 Å². The number of ether oxygens (including phenoxy) is 2. The van der Waals surface area contributed by atoms with Gasteiger partial charge >= 0.3 is 0 Å². The second-order valence-corrected chi connectivity index (χ2v) is 9.70. The van der Waals surface area contributed by atoms with E-state index in [-0.39, 0.29) is 15.4 Å². The Balaban J connectivity index is 1.77. The third-order valence-corrected chi connectivity index (χ3v) is 7.44. The van der Waals surface area contributed by atoms with Crippen molar-refractivity contribution in [1.29, 1.82) is 0 Å². The molecule has 1 amide bonds. The van der Waals surface area contributed by atoms with Crippen LogP contribution in [-0.2, 0) is 10.0 Å². The van der Waals surface area contributed by atoms with Gasteiger partial charge in [-0.25, -0.2) is 13.1 Å². The average molecular weight is 477 g/mol. The topological polar surface area (TPSA) is 120 Å². The van der Waals surface area contributed by atoms with Crippen LogP contribution in [0.5, 0.6) is 11.5 Å². The summed E-state index contributed by atoms with van der Waals surface area (Å²) in [5.74, 6) is 0.666. The standard InChI is InChI=1S/C21H24N4O5S2/c1-5-16(14-10-11-17(29-3)18(12-14)30-4)25-32(27,28)21-24-23-20(31-21)22-19(26)15-9-7-6-8-13(15)2/h6-12,16,25H,5H2,1-4H3,(H,22,23,26). The predicted molar refractivity (Wildman–Crippen MR) is 122 cm³/mol. The zero-order valence-corrected chi connectivity index (χ0v) is 19.7. The van der Waals surface area contributed by atoms with Crippen LogP contribution in [0.1, 0.15) is 40.9 Å². The first-order chi connectivity index (χ1) is 15.3. The number of methoxy groups -OCH3 is 2. The quantitative estimate of drug-likeness (QED) is 0.453. The normalized spacial score (nSPS) is 12.2. The molecule has 32 heavy (non-hydrogen) atoms. The maximum Gasteiger partial charge on any atom is 0.270 e. The summed E-state index contributed by atoms with van der Waals surface area (Å²) >= 11 is 0.781. The fourth-order valence-corrected chi connectivity index (χ4v) is 5.27. The van der Waals surface area contributed by atoms with Crippen LogP contribution in [0.25, 0.3) is 0 Å². The highest BCUT2D eigenvalue weighted by Gasteiger charge is 2.26. The van der Waals surface area contributed by atoms with Crippen molar-refractivity contribution < 1.29 is 22.7 Å². The maximum atomic E-state index is 12.9. The van der Waals surface area contributed by atoms with Crippen molar-refractivity contribution in [3.63, 3.8) is 0 Å². The molecular weight excluding hydrogens is 452 g/mol. The number of hydrogen-bond donors (Lipinski definition) is 2. The molecule has 2 N–H and O–H groups in total. The van der Waals surface area contributed by atoms with E-state index in [2.05, 4.69) is 20.2 Å². The van der Waals surface area contributed by atoms with Crippen molar-refractivity contribution in [2.45, 2.75) is 30.6 Å². The molecular formula is C21H24N4O5S2. The lowest BCUT2D eigenvalue weighted by molar-refractivity contribution is 0.102. The fraction of sp³-hybridized carbons (Fsp3) is 0.286. The lowest BCUT2D eigenvalue weighted by Gasteiger charge is -2.18. The fourth-order valence-electron chi connectivity index (χ4n) is 3.06. The summed E-state index contributed by atoms with van der Waals surface area (Å²) in [4.78, 5) is 12.5. The summed E-state index contributed by atoms with van der Waals surface area (Å²) in [7, 11) is -0.926. The van der Waals surface area contributed by atoms with Gasteiger partial charge in [0.2, 0.25) is 9.47 Å². The second-order valence-electron chi connectivity index (χ2n) is 6.84. The molecule has 0 radical (unpaired) electrons. The van der Waals surface area contributed by atoms with Crippen molar-refractivity contribution in [3.8, 4) is 11.5 Å². The number of aromatic nitrogens is 2. The highest BCUT2D eigenvalue weighted by Crippen LogP contribution is 2.32. The Kier molecular flexibility index (Phi) is 7.44. The molecule has 0 bridgehead atoms. The molecule has 1 atom stereocenters. The van der Waals surface area contributed by atoms with Gasteiger partial charge in [-0.2, -0.15) is 0 Å². The predicted octanol–water partition coefficient (Wildman–Crippen LogP) is 3.55. The molecule has 0 saturated heterocycles. The number of aryl methyl sites for hydroxylation is 1. The molecule has 3 aromatic rings. The third-order valence-electron chi connectivity index (χ3n) is 4.76. The van der Waals surface area contributed by atoms with E-state index in [1.165, 1.54) is 14.2 Å². The lowest BCUT2D eigenvalue weighted by Crippen LogP contribution is -2.28. The minimum Gasteiger partial charge on any atom is -0.493 e. The lowest BCUT2D eigenvalue weighted by atomic mass is 10.1. The molecule has 9 nitrogen and oxygen atoms in total. The van der Waals surface area contributed by atoms with Crippen LogP contribution in [0.15, 0.2) is 46.8 Å². The van der Waals surface area contributed by atoms with Crippen LogP contribution in [0, 0.1) is 6.92 Å². The molecule has 0 spiro atoms. The Labute approximate surface area is 190 Å². The van der Waals surface area contributed by atoms with Crippen LogP contribution in [0.4, 0.5) is 5.13 Å². The first-order valence-electron chi connectivity index (χ1n) is 9.73. The molecule has 11 heteroatoms. The molecule has 0 aliphatic carbocycles. The van der Waals surface area contributed by atoms with Crippen molar-refractivity contribution in [2.24, 2.45) is 0 Å². The summed E-state index contributed by atoms with van der Waals surface area (Å²) < 4.78 is 38.8. The number of hydrogen-bond acceptors (Lipinski definition) is 8. The molecule has 0 aliphatic rings. The molecule has 170 valence electrons. The number of nitrogens with zero attached hydrogens (tertiary/aromatic N) is 2. The van der Waals surface area contributed by atoms with Crippen molar-refractivity contribution >= 4 is 32.4 Å². The Morgan fingerprint density at radius 1 is 1.09 bits per heavy atom. The van der Waals surface area contributed by atoms with Crippen molar-refractivity contribution in [3.05, 3.63) is 59.2 Å². The van der Waals surface area contributed by atoms with Gasteiger partial charge in [0.1, 0.15) is 0 Å². The van der Waals surface area contributed by atoms with Crippen LogP contribution in [-0.4, -0.2) is 38.7 Å². The van der Waals surface area contributed by atoms with E-state index < -0.39 is 16.1 Å². The van der Waals surface area contributed by atoms with Crippen LogP contribution >= 0.6 is 11.3 Å². The van der Waals surface area contributed by atoms with E-state index in [1.54, 1.807) is 30.3 Å². The van der Waals surface area contributed by atoms with Gasteiger partial charge in [-0.3, -0.25) is 10.1 Å². The SMILES string of the molecule is CCC(NS(=O)(=O)c1nnc(NC(=O)c2ccccc2C)s1)c1ccc(OC)c(OC)c1. The largest absolute Gasteiger partial charge is 0.493 e. The minimum atomic E-state index is -3.97. The monoisotopic (exact) mass is 476 g/mol. The molecule has 1 heterocycles. The van der Waals surface area contributed by atoms with Gasteiger partial charge in [0.25, 0.3) is 15.9 Å². The van der Waals surface area contributed by atoms with Gasteiger partial charge in [-0.1, -0.05) is 42.5 Å². The molecule has 1 aromatic heterocycles. The van der Waals surface area contributed by atoms with Gasteiger partial charge in [-0.05, 0) is 42.7 Å². The smallest absolute Gasteiger partial charge is 0.270 e. The number of carbonyl (C=O) groups is 1. The zero-order valence-electron chi connectivity index (χ0n) is 18.1. The average Bonchev–Trinajstić information content (AvgIpc) is 3.26. The highest BCUT2D eigenvalue weighted by atomic mass is 32.2. The second kappa shape index (κ2) is 10.1. The van der Waals surface area contributed by atoms with E-state index in [9.17, 15) is 13.2 Å². The van der Waals surface area contributed by atoms with Crippen LogP contribution < -0.4 is 19.5 Å². The van der Waals surface area contributed by atoms with Crippen molar-refractivity contribution in [2.75, 3.05) is 19.5 Å². The summed E-state index contributed by atoms with van der Waals surface area (Å²) in [6.45, 7) is 3.67. The van der Waals surface area contributed by atoms with E-state index >= 15 is 0 Å². The third kappa shape index (κ3) is 5.23. The van der Waals surface area contributed by atoms with E-state index in [4.69, 9.17) is 9.47 Å². The molecule has 2 aromatic carbocycles. The highest BCUT2D eigenvalue weighted by molar-refractivity contribution is 7.91. The number of benzene rings is 2. The summed E-state index contributed by atoms with van der Waals surface area (Å²) in [6, 6.07) is 11.8. The number of nitrogens with one attached hydrogen (secondary N) is 2. The number of carbonyl (C=O) groups excluding carboxylic acids is 1. The molecule has 0 aliphatic heterocycles. The van der Waals surface area contributed by atoms with Crippen molar-refractivity contribution in [1.82, 2.24) is 14.9 Å². The van der Waals surface area contributed by atoms with Crippen LogP contribution in [0.2, 0.25) is 0 Å². The maximum absolute atomic E-state index is 12.9. The number of sulfonamides is 1. The van der Waals surface area contributed by atoms with Gasteiger partial charge in [0.05, 0.1) is 14.2 Å². The molecule has 0 saturated carbocycles. The first-order valence-corrected chi connectivity index (χ1v) is 12.0.